The summed E-state index contributed by atoms with van der Waals surface area (Å²) < 4.78 is 11.3. The number of anilines is 1. The summed E-state index contributed by atoms with van der Waals surface area (Å²) in [4.78, 5) is 23.2. The van der Waals surface area contributed by atoms with Gasteiger partial charge in [0.15, 0.2) is 18.1 Å². The maximum atomic E-state index is 12.3. The number of hydrogen-bond donors (Lipinski definition) is 2. The normalized spacial score (nSPS) is 10.6. The number of carbonyl (C=O) groups is 2. The molecule has 2 aromatic rings. The van der Waals surface area contributed by atoms with E-state index in [0.29, 0.717) is 26.3 Å². The first-order valence-corrected chi connectivity index (χ1v) is 8.79. The van der Waals surface area contributed by atoms with Gasteiger partial charge in [-0.3, -0.25) is 9.59 Å². The maximum Gasteiger partial charge on any atom is 0.266 e. The number of rotatable bonds is 7. The highest BCUT2D eigenvalue weighted by atomic mass is 127. The van der Waals surface area contributed by atoms with Gasteiger partial charge < -0.3 is 20.5 Å². The molecule has 0 saturated heterocycles. The van der Waals surface area contributed by atoms with Crippen molar-refractivity contribution in [1.29, 1.82) is 5.26 Å². The fraction of sp³-hybridized carbons (Fsp3) is 0.105. The fourth-order valence-electron chi connectivity index (χ4n) is 2.14. The van der Waals surface area contributed by atoms with Crippen LogP contribution in [0.3, 0.4) is 0 Å². The number of carbonyl (C=O) groups excluding carboxylic acids is 2. The molecule has 2 rings (SSSR count). The summed E-state index contributed by atoms with van der Waals surface area (Å²) in [7, 11) is 1.45. The van der Waals surface area contributed by atoms with Crippen molar-refractivity contribution in [1.82, 2.24) is 0 Å². The van der Waals surface area contributed by atoms with Crippen LogP contribution in [0.5, 0.6) is 11.5 Å². The van der Waals surface area contributed by atoms with Crippen molar-refractivity contribution in [2.24, 2.45) is 5.73 Å². The summed E-state index contributed by atoms with van der Waals surface area (Å²) in [6.07, 6.45) is 1.45. The smallest absolute Gasteiger partial charge is 0.266 e. The van der Waals surface area contributed by atoms with Gasteiger partial charge >= 0.3 is 0 Å². The van der Waals surface area contributed by atoms with Gasteiger partial charge in [0.25, 0.3) is 11.8 Å². The van der Waals surface area contributed by atoms with Crippen LogP contribution < -0.4 is 20.5 Å². The average Bonchev–Trinajstić information content (AvgIpc) is 2.65. The van der Waals surface area contributed by atoms with E-state index in [1.165, 1.54) is 13.2 Å². The summed E-state index contributed by atoms with van der Waals surface area (Å²) in [5.74, 6) is -0.413. The lowest BCUT2D eigenvalue weighted by Crippen LogP contribution is -2.20. The predicted molar refractivity (Wildman–Crippen MR) is 109 cm³/mol. The number of hydrogen-bond acceptors (Lipinski definition) is 5. The zero-order valence-corrected chi connectivity index (χ0v) is 16.5. The number of benzene rings is 2. The van der Waals surface area contributed by atoms with Crippen LogP contribution in [0.15, 0.2) is 48.0 Å². The van der Waals surface area contributed by atoms with E-state index in [4.69, 9.17) is 15.2 Å². The van der Waals surface area contributed by atoms with Gasteiger partial charge in [-0.1, -0.05) is 18.2 Å². The maximum absolute atomic E-state index is 12.3. The van der Waals surface area contributed by atoms with Crippen LogP contribution in [-0.4, -0.2) is 25.5 Å². The van der Waals surface area contributed by atoms with Crippen LogP contribution in [0.25, 0.3) is 6.08 Å². The molecule has 0 saturated carbocycles. The number of methoxy groups -OCH3 is 1. The van der Waals surface area contributed by atoms with Gasteiger partial charge in [-0.05, 0) is 58.5 Å². The first kappa shape index (κ1) is 20.3. The third-order valence-corrected chi connectivity index (χ3v) is 4.12. The molecule has 0 spiro atoms. The number of nitriles is 1. The van der Waals surface area contributed by atoms with Crippen molar-refractivity contribution in [2.75, 3.05) is 19.0 Å². The Morgan fingerprint density at radius 2 is 2.00 bits per heavy atom. The molecule has 27 heavy (non-hydrogen) atoms. The highest BCUT2D eigenvalue weighted by Crippen LogP contribution is 2.34. The highest BCUT2D eigenvalue weighted by molar-refractivity contribution is 14.1. The van der Waals surface area contributed by atoms with E-state index in [1.807, 2.05) is 34.7 Å². The van der Waals surface area contributed by atoms with Crippen molar-refractivity contribution < 1.29 is 19.1 Å². The first-order chi connectivity index (χ1) is 12.9. The molecular weight excluding hydrogens is 461 g/mol. The molecule has 0 heterocycles. The van der Waals surface area contributed by atoms with Crippen LogP contribution in [0, 0.1) is 14.9 Å². The van der Waals surface area contributed by atoms with Crippen molar-refractivity contribution in [3.8, 4) is 17.6 Å². The van der Waals surface area contributed by atoms with Crippen LogP contribution in [0.4, 0.5) is 5.69 Å². The summed E-state index contributed by atoms with van der Waals surface area (Å²) >= 11 is 2.01. The van der Waals surface area contributed by atoms with Crippen LogP contribution in [-0.2, 0) is 9.59 Å². The van der Waals surface area contributed by atoms with Crippen LogP contribution in [0.2, 0.25) is 0 Å². The summed E-state index contributed by atoms with van der Waals surface area (Å²) in [5.41, 5.74) is 6.19. The minimum Gasteiger partial charge on any atom is -0.493 e. The Hall–Kier alpha value is -3.06. The number of halogens is 1. The number of amides is 2. The second-order valence-corrected chi connectivity index (χ2v) is 6.44. The third kappa shape index (κ3) is 5.72. The Kier molecular flexibility index (Phi) is 7.19. The summed E-state index contributed by atoms with van der Waals surface area (Å²) in [5, 5.41) is 12.0. The Balaban J connectivity index is 2.29. The molecule has 0 fully saturated rings. The van der Waals surface area contributed by atoms with Crippen LogP contribution in [0.1, 0.15) is 5.56 Å². The molecule has 0 bridgehead atoms. The second kappa shape index (κ2) is 9.59. The van der Waals surface area contributed by atoms with E-state index in [1.54, 1.807) is 36.4 Å². The van der Waals surface area contributed by atoms with Crippen LogP contribution >= 0.6 is 22.6 Å². The van der Waals surface area contributed by atoms with Crippen molar-refractivity contribution >= 4 is 46.2 Å². The number of nitrogens with zero attached hydrogens (tertiary/aromatic N) is 1. The second-order valence-electron chi connectivity index (χ2n) is 5.28. The Morgan fingerprint density at radius 3 is 2.59 bits per heavy atom. The molecule has 0 aliphatic carbocycles. The van der Waals surface area contributed by atoms with Crippen molar-refractivity contribution in [3.63, 3.8) is 0 Å². The summed E-state index contributed by atoms with van der Waals surface area (Å²) in [6.45, 7) is -0.287. The van der Waals surface area contributed by atoms with E-state index in [-0.39, 0.29) is 12.2 Å². The van der Waals surface area contributed by atoms with E-state index in [2.05, 4.69) is 5.32 Å². The molecule has 0 radical (unpaired) electrons. The van der Waals surface area contributed by atoms with Crippen molar-refractivity contribution in [3.05, 3.63) is 57.2 Å². The van der Waals surface area contributed by atoms with E-state index < -0.39 is 11.8 Å². The quantitative estimate of drug-likeness (QED) is 0.362. The number of para-hydroxylation sites is 1. The topological polar surface area (TPSA) is 114 Å². The number of nitrogens with one attached hydrogen (secondary N) is 1. The SMILES string of the molecule is COc1cc(/C=C(\C#N)C(=O)Nc2ccccc2)cc(I)c1OCC(N)=O. The predicted octanol–water partition coefficient (Wildman–Crippen LogP) is 2.71. The lowest BCUT2D eigenvalue weighted by Gasteiger charge is -2.12. The molecule has 0 aromatic heterocycles. The Labute approximate surface area is 169 Å². The molecule has 7 nitrogen and oxygen atoms in total. The van der Waals surface area contributed by atoms with Gasteiger partial charge in [0, 0.05) is 5.69 Å². The first-order valence-electron chi connectivity index (χ1n) is 7.71. The Morgan fingerprint density at radius 1 is 1.30 bits per heavy atom. The van der Waals surface area contributed by atoms with Gasteiger partial charge in [-0.25, -0.2) is 0 Å². The molecule has 3 N–H and O–H groups in total. The average molecular weight is 477 g/mol. The molecule has 138 valence electrons. The van der Waals surface area contributed by atoms with E-state index >= 15 is 0 Å². The standard InChI is InChI=1S/C19H16IN3O4/c1-26-16-9-12(8-15(20)18(16)27-11-17(22)24)7-13(10-21)19(25)23-14-5-3-2-4-6-14/h2-9H,11H2,1H3,(H2,22,24)(H,23,25)/b13-7+. The molecule has 0 aliphatic rings. The number of ether oxygens (including phenoxy) is 2. The van der Waals surface area contributed by atoms with E-state index in [0.717, 1.165) is 0 Å². The third-order valence-electron chi connectivity index (χ3n) is 3.32. The zero-order chi connectivity index (χ0) is 19.8. The van der Waals surface area contributed by atoms with Crippen molar-refractivity contribution in [2.45, 2.75) is 0 Å². The molecule has 0 unspecified atom stereocenters. The fourth-order valence-corrected chi connectivity index (χ4v) is 2.92. The molecule has 0 aliphatic heterocycles. The lowest BCUT2D eigenvalue weighted by atomic mass is 10.1. The van der Waals surface area contributed by atoms with Gasteiger partial charge in [0.1, 0.15) is 11.6 Å². The Bertz CT molecular complexity index is 921. The van der Waals surface area contributed by atoms with E-state index in [9.17, 15) is 14.9 Å². The molecular formula is C19H16IN3O4. The minimum atomic E-state index is -0.610. The van der Waals surface area contributed by atoms with Gasteiger partial charge in [0.2, 0.25) is 0 Å². The molecule has 0 atom stereocenters. The molecule has 2 amide bonds. The van der Waals surface area contributed by atoms with Gasteiger partial charge in [-0.2, -0.15) is 5.26 Å². The highest BCUT2D eigenvalue weighted by Gasteiger charge is 2.14. The number of primary amides is 1. The minimum absolute atomic E-state index is 0.0671. The molecule has 8 heteroatoms. The van der Waals surface area contributed by atoms with Gasteiger partial charge in [0.05, 0.1) is 10.7 Å². The zero-order valence-electron chi connectivity index (χ0n) is 14.4. The summed E-state index contributed by atoms with van der Waals surface area (Å²) in [6, 6.07) is 14.0. The number of nitrogens with two attached hydrogens (primary N) is 1. The lowest BCUT2D eigenvalue weighted by molar-refractivity contribution is -0.120. The van der Waals surface area contributed by atoms with Gasteiger partial charge in [-0.15, -0.1) is 0 Å². The molecule has 2 aromatic carbocycles. The largest absolute Gasteiger partial charge is 0.493 e. The monoisotopic (exact) mass is 477 g/mol.